The van der Waals surface area contributed by atoms with Gasteiger partial charge in [-0.15, -0.1) is 0 Å². The van der Waals surface area contributed by atoms with Gasteiger partial charge in [0.05, 0.1) is 15.5 Å². The first kappa shape index (κ1) is 18.3. The second kappa shape index (κ2) is 7.26. The van der Waals surface area contributed by atoms with Crippen molar-refractivity contribution in [2.75, 3.05) is 4.72 Å². The van der Waals surface area contributed by atoms with Crippen molar-refractivity contribution >= 4 is 27.4 Å². The van der Waals surface area contributed by atoms with Crippen LogP contribution in [0, 0.1) is 15.9 Å². The van der Waals surface area contributed by atoms with Gasteiger partial charge in [0.15, 0.2) is 0 Å². The van der Waals surface area contributed by atoms with Gasteiger partial charge in [-0.05, 0) is 36.2 Å². The number of anilines is 1. The lowest BCUT2D eigenvalue weighted by Crippen LogP contribution is -2.13. The van der Waals surface area contributed by atoms with Crippen LogP contribution < -0.4 is 4.72 Å². The molecule has 2 rings (SSSR count). The standard InChI is InChI=1S/C15H13FN2O6S/c16-13-7-4-11(9-14(13)18(21)22)17-25(23,24)12-5-1-10(2-6-12)3-8-15(19)20/h1-2,4-7,9,17H,3,8H2,(H,19,20). The molecule has 10 heteroatoms. The van der Waals surface area contributed by atoms with E-state index in [2.05, 4.69) is 4.72 Å². The Hall–Kier alpha value is -3.01. The Kier molecular flexibility index (Phi) is 5.32. The Morgan fingerprint density at radius 3 is 2.40 bits per heavy atom. The number of nitrogens with zero attached hydrogens (tertiary/aromatic N) is 1. The summed E-state index contributed by atoms with van der Waals surface area (Å²) in [6.07, 6.45) is 0.177. The van der Waals surface area contributed by atoms with Crippen LogP contribution in [0.2, 0.25) is 0 Å². The number of carbonyl (C=O) groups is 1. The van der Waals surface area contributed by atoms with Crippen LogP contribution in [-0.4, -0.2) is 24.4 Å². The number of halogens is 1. The molecule has 0 saturated carbocycles. The van der Waals surface area contributed by atoms with Crippen molar-refractivity contribution in [3.63, 3.8) is 0 Å². The zero-order valence-corrected chi connectivity index (χ0v) is 13.5. The molecule has 0 spiro atoms. The first-order valence-corrected chi connectivity index (χ1v) is 8.45. The molecule has 2 N–H and O–H groups in total. The lowest BCUT2D eigenvalue weighted by Gasteiger charge is -2.09. The van der Waals surface area contributed by atoms with E-state index in [1.54, 1.807) is 0 Å². The Morgan fingerprint density at radius 2 is 1.84 bits per heavy atom. The highest BCUT2D eigenvalue weighted by Gasteiger charge is 2.19. The minimum atomic E-state index is -4.03. The van der Waals surface area contributed by atoms with Crippen LogP contribution in [0.1, 0.15) is 12.0 Å². The first-order chi connectivity index (χ1) is 11.7. The number of aliphatic carboxylic acids is 1. The molecule has 0 atom stereocenters. The van der Waals surface area contributed by atoms with Crippen molar-refractivity contribution in [1.82, 2.24) is 0 Å². The number of rotatable bonds is 7. The Bertz CT molecular complexity index is 912. The number of benzene rings is 2. The van der Waals surface area contributed by atoms with Crippen LogP contribution >= 0.6 is 0 Å². The number of hydrogen-bond donors (Lipinski definition) is 2. The molecule has 0 heterocycles. The van der Waals surface area contributed by atoms with Gasteiger partial charge in [0.1, 0.15) is 0 Å². The molecule has 2 aromatic rings. The number of sulfonamides is 1. The summed E-state index contributed by atoms with van der Waals surface area (Å²) in [4.78, 5) is 20.2. The molecule has 2 aromatic carbocycles. The number of nitro groups is 1. The fourth-order valence-corrected chi connectivity index (χ4v) is 3.07. The normalized spacial score (nSPS) is 11.1. The van der Waals surface area contributed by atoms with E-state index in [1.807, 2.05) is 0 Å². The van der Waals surface area contributed by atoms with Crippen LogP contribution in [0.25, 0.3) is 0 Å². The van der Waals surface area contributed by atoms with Gasteiger partial charge in [-0.2, -0.15) is 4.39 Å². The predicted molar refractivity (Wildman–Crippen MR) is 86.3 cm³/mol. The van der Waals surface area contributed by atoms with Gasteiger partial charge in [-0.25, -0.2) is 8.42 Å². The molecular formula is C15H13FN2O6S. The Balaban J connectivity index is 2.20. The SMILES string of the molecule is O=C(O)CCc1ccc(S(=O)(=O)Nc2ccc(F)c([N+](=O)[O-])c2)cc1. The van der Waals surface area contributed by atoms with Crippen molar-refractivity contribution in [3.05, 3.63) is 64.0 Å². The average molecular weight is 368 g/mol. The molecule has 0 fully saturated rings. The van der Waals surface area contributed by atoms with E-state index in [9.17, 15) is 27.7 Å². The number of aryl methyl sites for hydroxylation is 1. The van der Waals surface area contributed by atoms with Gasteiger partial charge in [0.25, 0.3) is 10.0 Å². The zero-order chi connectivity index (χ0) is 18.6. The summed E-state index contributed by atoms with van der Waals surface area (Å²) >= 11 is 0. The summed E-state index contributed by atoms with van der Waals surface area (Å²) in [6.45, 7) is 0. The molecule has 0 unspecified atom stereocenters. The average Bonchev–Trinajstić information content (AvgIpc) is 2.54. The molecule has 0 aliphatic rings. The topological polar surface area (TPSA) is 127 Å². The second-order valence-corrected chi connectivity index (χ2v) is 6.75. The molecular weight excluding hydrogens is 355 g/mol. The smallest absolute Gasteiger partial charge is 0.306 e. The zero-order valence-electron chi connectivity index (χ0n) is 12.7. The van der Waals surface area contributed by atoms with E-state index in [-0.39, 0.29) is 23.4 Å². The van der Waals surface area contributed by atoms with Crippen molar-refractivity contribution < 1.29 is 27.6 Å². The molecule has 0 bridgehead atoms. The minimum absolute atomic E-state index is 0.0798. The largest absolute Gasteiger partial charge is 0.481 e. The van der Waals surface area contributed by atoms with Gasteiger partial charge in [-0.3, -0.25) is 19.6 Å². The van der Waals surface area contributed by atoms with Crippen molar-refractivity contribution in [1.29, 1.82) is 0 Å². The summed E-state index contributed by atoms with van der Waals surface area (Å²) in [7, 11) is -4.03. The summed E-state index contributed by atoms with van der Waals surface area (Å²) in [5.74, 6) is -2.04. The van der Waals surface area contributed by atoms with Gasteiger partial charge in [0.2, 0.25) is 5.82 Å². The Labute approximate surface area is 142 Å². The lowest BCUT2D eigenvalue weighted by atomic mass is 10.1. The molecule has 0 amide bonds. The molecule has 0 radical (unpaired) electrons. The monoisotopic (exact) mass is 368 g/mol. The first-order valence-electron chi connectivity index (χ1n) is 6.96. The van der Waals surface area contributed by atoms with E-state index in [0.717, 1.165) is 18.2 Å². The molecule has 8 nitrogen and oxygen atoms in total. The fraction of sp³-hybridized carbons (Fsp3) is 0.133. The highest BCUT2D eigenvalue weighted by atomic mass is 32.2. The maximum Gasteiger partial charge on any atom is 0.306 e. The number of nitrogens with one attached hydrogen (secondary N) is 1. The summed E-state index contributed by atoms with van der Waals surface area (Å²) < 4.78 is 40.0. The van der Waals surface area contributed by atoms with Crippen molar-refractivity contribution in [2.24, 2.45) is 0 Å². The second-order valence-electron chi connectivity index (χ2n) is 5.07. The van der Waals surface area contributed by atoms with Crippen LogP contribution in [0.5, 0.6) is 0 Å². The van der Waals surface area contributed by atoms with Gasteiger partial charge >= 0.3 is 11.7 Å². The van der Waals surface area contributed by atoms with E-state index in [4.69, 9.17) is 5.11 Å². The predicted octanol–water partition coefficient (Wildman–Crippen LogP) is 2.55. The van der Waals surface area contributed by atoms with E-state index < -0.39 is 32.4 Å². The maximum absolute atomic E-state index is 13.3. The molecule has 0 aliphatic carbocycles. The van der Waals surface area contributed by atoms with Crippen molar-refractivity contribution in [2.45, 2.75) is 17.7 Å². The third-order valence-electron chi connectivity index (χ3n) is 3.26. The molecule has 0 saturated heterocycles. The van der Waals surface area contributed by atoms with Gasteiger partial charge in [0, 0.05) is 12.5 Å². The van der Waals surface area contributed by atoms with Crippen LogP contribution in [0.4, 0.5) is 15.8 Å². The minimum Gasteiger partial charge on any atom is -0.481 e. The number of hydrogen-bond acceptors (Lipinski definition) is 5. The van der Waals surface area contributed by atoms with Crippen LogP contribution in [-0.2, 0) is 21.2 Å². The molecule has 132 valence electrons. The number of carboxylic acid groups (broad SMARTS) is 1. The van der Waals surface area contributed by atoms with Gasteiger partial charge < -0.3 is 5.11 Å². The molecule has 0 aliphatic heterocycles. The quantitative estimate of drug-likeness (QED) is 0.571. The molecule has 0 aromatic heterocycles. The third kappa shape index (κ3) is 4.73. The highest BCUT2D eigenvalue weighted by molar-refractivity contribution is 7.92. The highest BCUT2D eigenvalue weighted by Crippen LogP contribution is 2.24. The fourth-order valence-electron chi connectivity index (χ4n) is 2.02. The van der Waals surface area contributed by atoms with Crippen LogP contribution in [0.3, 0.4) is 0 Å². The lowest BCUT2D eigenvalue weighted by molar-refractivity contribution is -0.387. The van der Waals surface area contributed by atoms with Crippen molar-refractivity contribution in [3.8, 4) is 0 Å². The summed E-state index contributed by atoms with van der Waals surface area (Å²) in [5, 5.41) is 19.3. The Morgan fingerprint density at radius 1 is 1.20 bits per heavy atom. The summed E-state index contributed by atoms with van der Waals surface area (Å²) in [5.41, 5.74) is -0.342. The third-order valence-corrected chi connectivity index (χ3v) is 4.65. The number of nitro benzene ring substituents is 1. The maximum atomic E-state index is 13.3. The van der Waals surface area contributed by atoms with Crippen LogP contribution in [0.15, 0.2) is 47.4 Å². The molecule has 25 heavy (non-hydrogen) atoms. The van der Waals surface area contributed by atoms with E-state index in [0.29, 0.717) is 5.56 Å². The summed E-state index contributed by atoms with van der Waals surface area (Å²) in [6, 6.07) is 8.18. The van der Waals surface area contributed by atoms with Gasteiger partial charge in [-0.1, -0.05) is 12.1 Å². The van der Waals surface area contributed by atoms with E-state index in [1.165, 1.54) is 24.3 Å². The number of carboxylic acids is 1. The van der Waals surface area contributed by atoms with E-state index >= 15 is 0 Å².